The molecule has 0 amide bonds. The fourth-order valence-corrected chi connectivity index (χ4v) is 2.85. The van der Waals surface area contributed by atoms with Crippen molar-refractivity contribution in [3.8, 4) is 0 Å². The molecule has 0 aliphatic rings. The van der Waals surface area contributed by atoms with Crippen LogP contribution in [-0.2, 0) is 5.75 Å². The SMILES string of the molecule is C/C(=N\Nc1nc(SCc2ccccn2)n[nH]1)c1ccc(Br)cc1. The van der Waals surface area contributed by atoms with Crippen LogP contribution in [0.2, 0.25) is 0 Å². The van der Waals surface area contributed by atoms with Crippen molar-refractivity contribution in [3.63, 3.8) is 0 Å². The first-order chi connectivity index (χ1) is 11.7. The Morgan fingerprint density at radius 1 is 1.25 bits per heavy atom. The molecule has 0 saturated heterocycles. The van der Waals surface area contributed by atoms with Gasteiger partial charge >= 0.3 is 0 Å². The van der Waals surface area contributed by atoms with Crippen molar-refractivity contribution >= 4 is 39.4 Å². The van der Waals surface area contributed by atoms with E-state index in [0.29, 0.717) is 11.1 Å². The number of hydrogen-bond donors (Lipinski definition) is 2. The van der Waals surface area contributed by atoms with Gasteiger partial charge in [0.2, 0.25) is 11.1 Å². The lowest BCUT2D eigenvalue weighted by Crippen LogP contribution is -2.00. The topological polar surface area (TPSA) is 78.8 Å². The summed E-state index contributed by atoms with van der Waals surface area (Å²) in [5.41, 5.74) is 5.79. The Bertz CT molecular complexity index is 816. The first kappa shape index (κ1) is 16.7. The summed E-state index contributed by atoms with van der Waals surface area (Å²) in [6, 6.07) is 13.8. The highest BCUT2D eigenvalue weighted by molar-refractivity contribution is 9.10. The molecule has 0 atom stereocenters. The fraction of sp³-hybridized carbons (Fsp3) is 0.125. The second kappa shape index (κ2) is 8.07. The van der Waals surface area contributed by atoms with Gasteiger partial charge in [-0.05, 0) is 36.8 Å². The molecule has 2 aromatic heterocycles. The molecule has 122 valence electrons. The van der Waals surface area contributed by atoms with E-state index in [-0.39, 0.29) is 0 Å². The number of H-pyrrole nitrogens is 1. The number of pyridine rings is 1. The molecule has 0 unspecified atom stereocenters. The van der Waals surface area contributed by atoms with Crippen LogP contribution in [0.5, 0.6) is 0 Å². The van der Waals surface area contributed by atoms with Crippen LogP contribution >= 0.6 is 27.7 Å². The van der Waals surface area contributed by atoms with E-state index in [1.165, 1.54) is 11.8 Å². The second-order valence-electron chi connectivity index (χ2n) is 4.89. The quantitative estimate of drug-likeness (QED) is 0.368. The van der Waals surface area contributed by atoms with Gasteiger partial charge in [0.1, 0.15) is 0 Å². The Kier molecular flexibility index (Phi) is 5.60. The van der Waals surface area contributed by atoms with Gasteiger partial charge in [0.05, 0.1) is 11.4 Å². The van der Waals surface area contributed by atoms with E-state index >= 15 is 0 Å². The van der Waals surface area contributed by atoms with Crippen molar-refractivity contribution < 1.29 is 0 Å². The molecule has 3 rings (SSSR count). The lowest BCUT2D eigenvalue weighted by atomic mass is 10.1. The number of hydrogen-bond acceptors (Lipinski definition) is 6. The lowest BCUT2D eigenvalue weighted by molar-refractivity contribution is 0.971. The van der Waals surface area contributed by atoms with E-state index in [9.17, 15) is 0 Å². The van der Waals surface area contributed by atoms with E-state index in [4.69, 9.17) is 0 Å². The number of nitrogens with zero attached hydrogens (tertiary/aromatic N) is 4. The fourth-order valence-electron chi connectivity index (χ4n) is 1.88. The zero-order valence-electron chi connectivity index (χ0n) is 12.9. The number of benzene rings is 1. The zero-order chi connectivity index (χ0) is 16.8. The van der Waals surface area contributed by atoms with Gasteiger partial charge in [-0.1, -0.05) is 45.9 Å². The molecular weight excluding hydrogens is 388 g/mol. The number of thioether (sulfide) groups is 1. The van der Waals surface area contributed by atoms with Crippen LogP contribution in [-0.4, -0.2) is 25.9 Å². The molecule has 24 heavy (non-hydrogen) atoms. The van der Waals surface area contributed by atoms with Gasteiger partial charge in [0, 0.05) is 16.4 Å². The summed E-state index contributed by atoms with van der Waals surface area (Å²) in [5, 5.41) is 12.0. The molecule has 6 nitrogen and oxygen atoms in total. The van der Waals surface area contributed by atoms with Crippen molar-refractivity contribution in [3.05, 3.63) is 64.4 Å². The first-order valence-corrected chi connectivity index (χ1v) is 9.00. The summed E-state index contributed by atoms with van der Waals surface area (Å²) in [7, 11) is 0. The summed E-state index contributed by atoms with van der Waals surface area (Å²) in [6.07, 6.45) is 1.78. The number of aromatic nitrogens is 4. The van der Waals surface area contributed by atoms with Crippen LogP contribution in [0.1, 0.15) is 18.2 Å². The lowest BCUT2D eigenvalue weighted by Gasteiger charge is -2.01. The highest BCUT2D eigenvalue weighted by Gasteiger charge is 2.04. The average molecular weight is 403 g/mol. The standard InChI is InChI=1S/C16H15BrN6S/c1-11(12-5-7-13(17)8-6-12)20-21-15-19-16(23-22-15)24-10-14-4-2-3-9-18-14/h2-9H,10H2,1H3,(H2,19,21,22,23)/b20-11+. The summed E-state index contributed by atoms with van der Waals surface area (Å²) in [6.45, 7) is 1.93. The van der Waals surface area contributed by atoms with Crippen LogP contribution in [0.4, 0.5) is 5.95 Å². The van der Waals surface area contributed by atoms with Crippen LogP contribution in [0.3, 0.4) is 0 Å². The Morgan fingerprint density at radius 3 is 2.83 bits per heavy atom. The van der Waals surface area contributed by atoms with Gasteiger partial charge in [-0.15, -0.1) is 5.10 Å². The summed E-state index contributed by atoms with van der Waals surface area (Å²) in [5.74, 6) is 1.23. The van der Waals surface area contributed by atoms with Gasteiger partial charge in [0.15, 0.2) is 0 Å². The molecule has 1 aromatic carbocycles. The number of anilines is 1. The molecule has 0 radical (unpaired) electrons. The minimum atomic E-state index is 0.509. The molecule has 2 heterocycles. The number of halogens is 1. The summed E-state index contributed by atoms with van der Waals surface area (Å²) < 4.78 is 1.04. The van der Waals surface area contributed by atoms with Crippen molar-refractivity contribution in [1.82, 2.24) is 20.2 Å². The third kappa shape index (κ3) is 4.65. The number of rotatable bonds is 6. The minimum Gasteiger partial charge on any atom is -0.260 e. The van der Waals surface area contributed by atoms with Crippen molar-refractivity contribution in [2.24, 2.45) is 5.10 Å². The van der Waals surface area contributed by atoms with E-state index < -0.39 is 0 Å². The van der Waals surface area contributed by atoms with E-state index in [0.717, 1.165) is 27.2 Å². The van der Waals surface area contributed by atoms with E-state index in [2.05, 4.69) is 46.6 Å². The van der Waals surface area contributed by atoms with Crippen LogP contribution < -0.4 is 5.43 Å². The maximum atomic E-state index is 4.35. The highest BCUT2D eigenvalue weighted by atomic mass is 79.9. The zero-order valence-corrected chi connectivity index (χ0v) is 15.3. The molecule has 0 bridgehead atoms. The third-order valence-corrected chi connectivity index (χ3v) is 4.54. The Hall–Kier alpha value is -2.19. The normalized spacial score (nSPS) is 11.5. The molecule has 0 aliphatic heterocycles. The smallest absolute Gasteiger partial charge is 0.240 e. The number of nitrogens with one attached hydrogen (secondary N) is 2. The molecule has 0 aliphatic carbocycles. The van der Waals surface area contributed by atoms with Gasteiger partial charge in [0.25, 0.3) is 0 Å². The van der Waals surface area contributed by atoms with Gasteiger partial charge in [-0.2, -0.15) is 10.1 Å². The molecule has 0 spiro atoms. The summed E-state index contributed by atoms with van der Waals surface area (Å²) in [4.78, 5) is 8.62. The van der Waals surface area contributed by atoms with E-state index in [1.807, 2.05) is 49.4 Å². The van der Waals surface area contributed by atoms with Gasteiger partial charge in [-0.3, -0.25) is 4.98 Å². The van der Waals surface area contributed by atoms with Crippen molar-refractivity contribution in [2.75, 3.05) is 5.43 Å². The predicted molar refractivity (Wildman–Crippen MR) is 100 cm³/mol. The monoisotopic (exact) mass is 402 g/mol. The second-order valence-corrected chi connectivity index (χ2v) is 6.75. The Labute approximate surface area is 152 Å². The predicted octanol–water partition coefficient (Wildman–Crippen LogP) is 4.09. The average Bonchev–Trinajstić information content (AvgIpc) is 3.07. The first-order valence-electron chi connectivity index (χ1n) is 7.22. The third-order valence-electron chi connectivity index (χ3n) is 3.13. The van der Waals surface area contributed by atoms with Crippen LogP contribution in [0, 0.1) is 0 Å². The maximum absolute atomic E-state index is 4.35. The highest BCUT2D eigenvalue weighted by Crippen LogP contribution is 2.18. The van der Waals surface area contributed by atoms with Gasteiger partial charge in [-0.25, -0.2) is 10.5 Å². The molecule has 0 fully saturated rings. The molecule has 3 aromatic rings. The molecule has 8 heteroatoms. The Morgan fingerprint density at radius 2 is 2.08 bits per heavy atom. The summed E-state index contributed by atoms with van der Waals surface area (Å²) >= 11 is 4.94. The van der Waals surface area contributed by atoms with Crippen LogP contribution in [0.15, 0.2) is 63.4 Å². The Balaban J connectivity index is 1.57. The van der Waals surface area contributed by atoms with Crippen LogP contribution in [0.25, 0.3) is 0 Å². The minimum absolute atomic E-state index is 0.509. The maximum Gasteiger partial charge on any atom is 0.240 e. The number of hydrazone groups is 1. The number of aromatic amines is 1. The van der Waals surface area contributed by atoms with Crippen molar-refractivity contribution in [2.45, 2.75) is 17.8 Å². The van der Waals surface area contributed by atoms with Gasteiger partial charge < -0.3 is 0 Å². The molecular formula is C16H15BrN6S. The molecule has 0 saturated carbocycles. The van der Waals surface area contributed by atoms with E-state index in [1.54, 1.807) is 6.20 Å². The molecule has 2 N–H and O–H groups in total. The van der Waals surface area contributed by atoms with Crippen molar-refractivity contribution in [1.29, 1.82) is 0 Å². The largest absolute Gasteiger partial charge is 0.260 e.